The van der Waals surface area contributed by atoms with Crippen LogP contribution in [0.25, 0.3) is 0 Å². The summed E-state index contributed by atoms with van der Waals surface area (Å²) >= 11 is 0. The van der Waals surface area contributed by atoms with E-state index in [1.165, 1.54) is 0 Å². The van der Waals surface area contributed by atoms with Crippen molar-refractivity contribution in [3.05, 3.63) is 0 Å². The molecule has 0 aromatic rings. The predicted octanol–water partition coefficient (Wildman–Crippen LogP) is 1.95. The molecule has 1 fully saturated rings. The lowest BCUT2D eigenvalue weighted by atomic mass is 10.5. The summed E-state index contributed by atoms with van der Waals surface area (Å²) in [5.74, 6) is 0. The van der Waals surface area contributed by atoms with E-state index in [-0.39, 0.29) is 12.2 Å². The normalized spacial score (nSPS) is 38.4. The average Bonchev–Trinajstić information content (AvgIpc) is 2.08. The molecule has 4 nitrogen and oxygen atoms in total. The maximum absolute atomic E-state index is 11.4. The Balaban J connectivity index is 2.49. The SMILES string of the molecule is CC(C)OP1(=O)OCC(C)O1. The van der Waals surface area contributed by atoms with Crippen molar-refractivity contribution in [1.29, 1.82) is 0 Å². The van der Waals surface area contributed by atoms with Gasteiger partial charge in [0.05, 0.1) is 18.8 Å². The van der Waals surface area contributed by atoms with E-state index in [0.29, 0.717) is 6.61 Å². The topological polar surface area (TPSA) is 44.8 Å². The maximum Gasteiger partial charge on any atom is 0.475 e. The first-order chi connectivity index (χ1) is 5.02. The fourth-order valence-corrected chi connectivity index (χ4v) is 2.37. The van der Waals surface area contributed by atoms with E-state index in [1.54, 1.807) is 20.8 Å². The molecule has 1 saturated heterocycles. The number of rotatable bonds is 2. The molecule has 0 aromatic carbocycles. The highest BCUT2D eigenvalue weighted by Crippen LogP contribution is 2.55. The average molecular weight is 180 g/mol. The van der Waals surface area contributed by atoms with Gasteiger partial charge in [-0.2, -0.15) is 0 Å². The molecule has 0 radical (unpaired) electrons. The van der Waals surface area contributed by atoms with Crippen LogP contribution in [-0.4, -0.2) is 18.8 Å². The number of hydrogen-bond donors (Lipinski definition) is 0. The van der Waals surface area contributed by atoms with Crippen LogP contribution in [0.1, 0.15) is 20.8 Å². The minimum Gasteiger partial charge on any atom is -0.284 e. The second-order valence-corrected chi connectivity index (χ2v) is 4.39. The first kappa shape index (κ1) is 9.20. The van der Waals surface area contributed by atoms with Gasteiger partial charge >= 0.3 is 7.82 Å². The Morgan fingerprint density at radius 2 is 2.27 bits per heavy atom. The van der Waals surface area contributed by atoms with Crippen LogP contribution in [0.15, 0.2) is 0 Å². The van der Waals surface area contributed by atoms with Gasteiger partial charge < -0.3 is 0 Å². The van der Waals surface area contributed by atoms with Gasteiger partial charge in [-0.3, -0.25) is 13.6 Å². The molecule has 0 bridgehead atoms. The Labute approximate surface area is 66.4 Å². The fraction of sp³-hybridized carbons (Fsp3) is 1.00. The molecule has 2 unspecified atom stereocenters. The summed E-state index contributed by atoms with van der Waals surface area (Å²) in [6.45, 7) is 5.72. The first-order valence-electron chi connectivity index (χ1n) is 3.63. The van der Waals surface area contributed by atoms with E-state index in [0.717, 1.165) is 0 Å². The molecule has 1 aliphatic heterocycles. The van der Waals surface area contributed by atoms with Crippen LogP contribution >= 0.6 is 7.82 Å². The van der Waals surface area contributed by atoms with Gasteiger partial charge in [-0.15, -0.1) is 0 Å². The molecule has 0 aliphatic carbocycles. The molecule has 1 heterocycles. The van der Waals surface area contributed by atoms with E-state index < -0.39 is 7.82 Å². The Hall–Kier alpha value is 0.110. The van der Waals surface area contributed by atoms with Crippen LogP contribution in [0, 0.1) is 0 Å². The summed E-state index contributed by atoms with van der Waals surface area (Å²) in [4.78, 5) is 0. The van der Waals surface area contributed by atoms with Gasteiger partial charge in [0.1, 0.15) is 0 Å². The minimum atomic E-state index is -3.18. The van der Waals surface area contributed by atoms with Crippen LogP contribution in [0.5, 0.6) is 0 Å². The Morgan fingerprint density at radius 1 is 1.64 bits per heavy atom. The second kappa shape index (κ2) is 3.23. The molecule has 0 amide bonds. The van der Waals surface area contributed by atoms with Crippen molar-refractivity contribution in [1.82, 2.24) is 0 Å². The van der Waals surface area contributed by atoms with E-state index >= 15 is 0 Å². The highest BCUT2D eigenvalue weighted by atomic mass is 31.2. The Morgan fingerprint density at radius 3 is 2.64 bits per heavy atom. The molecule has 1 aliphatic rings. The highest BCUT2D eigenvalue weighted by molar-refractivity contribution is 7.48. The van der Waals surface area contributed by atoms with Crippen LogP contribution in [0.3, 0.4) is 0 Å². The van der Waals surface area contributed by atoms with E-state index in [9.17, 15) is 4.57 Å². The van der Waals surface area contributed by atoms with Gasteiger partial charge in [-0.1, -0.05) is 0 Å². The number of phosphoric acid groups is 1. The molecule has 0 saturated carbocycles. The standard InChI is InChI=1S/C6H13O4P/c1-5(2)9-11(7)8-4-6(3)10-11/h5-6H,4H2,1-3H3. The third kappa shape index (κ3) is 2.56. The van der Waals surface area contributed by atoms with Crippen LogP contribution in [0.2, 0.25) is 0 Å². The molecule has 11 heavy (non-hydrogen) atoms. The monoisotopic (exact) mass is 180 g/mol. The number of phosphoric ester groups is 1. The zero-order chi connectivity index (χ0) is 8.48. The number of hydrogen-bond acceptors (Lipinski definition) is 4. The first-order valence-corrected chi connectivity index (χ1v) is 5.09. The molecular weight excluding hydrogens is 167 g/mol. The van der Waals surface area contributed by atoms with Crippen LogP contribution in [0.4, 0.5) is 0 Å². The Kier molecular flexibility index (Phi) is 2.70. The van der Waals surface area contributed by atoms with Gasteiger partial charge in [0.2, 0.25) is 0 Å². The molecule has 5 heteroatoms. The lowest BCUT2D eigenvalue weighted by Crippen LogP contribution is -2.02. The summed E-state index contributed by atoms with van der Waals surface area (Å²) < 4.78 is 26.2. The Bertz CT molecular complexity index is 179. The van der Waals surface area contributed by atoms with Crippen molar-refractivity contribution in [2.45, 2.75) is 33.0 Å². The molecule has 0 N–H and O–H groups in total. The van der Waals surface area contributed by atoms with E-state index in [4.69, 9.17) is 13.6 Å². The maximum atomic E-state index is 11.4. The van der Waals surface area contributed by atoms with Crippen molar-refractivity contribution >= 4 is 7.82 Å². The van der Waals surface area contributed by atoms with Crippen molar-refractivity contribution in [3.63, 3.8) is 0 Å². The lowest BCUT2D eigenvalue weighted by molar-refractivity contribution is 0.144. The summed E-state index contributed by atoms with van der Waals surface area (Å²) in [6.07, 6.45) is -0.259. The summed E-state index contributed by atoms with van der Waals surface area (Å²) in [5, 5.41) is 0. The molecule has 2 atom stereocenters. The van der Waals surface area contributed by atoms with Crippen molar-refractivity contribution in [2.24, 2.45) is 0 Å². The van der Waals surface area contributed by atoms with Gasteiger partial charge in [0, 0.05) is 0 Å². The van der Waals surface area contributed by atoms with Gasteiger partial charge in [0.25, 0.3) is 0 Å². The minimum absolute atomic E-state index is 0.125. The van der Waals surface area contributed by atoms with E-state index in [2.05, 4.69) is 0 Å². The quantitative estimate of drug-likeness (QED) is 0.609. The molecule has 0 aromatic heterocycles. The predicted molar refractivity (Wildman–Crippen MR) is 40.3 cm³/mol. The molecule has 0 spiro atoms. The zero-order valence-corrected chi connectivity index (χ0v) is 7.84. The molecule has 1 rings (SSSR count). The third-order valence-corrected chi connectivity index (χ3v) is 2.88. The zero-order valence-electron chi connectivity index (χ0n) is 6.94. The van der Waals surface area contributed by atoms with Gasteiger partial charge in [-0.05, 0) is 20.8 Å². The van der Waals surface area contributed by atoms with Crippen molar-refractivity contribution in [2.75, 3.05) is 6.61 Å². The molecule has 66 valence electrons. The summed E-state index contributed by atoms with van der Waals surface area (Å²) in [7, 11) is -3.18. The van der Waals surface area contributed by atoms with Crippen LogP contribution in [-0.2, 0) is 18.1 Å². The molecular formula is C6H13O4P. The van der Waals surface area contributed by atoms with Gasteiger partial charge in [0.15, 0.2) is 0 Å². The van der Waals surface area contributed by atoms with Crippen molar-refractivity contribution < 1.29 is 18.1 Å². The summed E-state index contributed by atoms with van der Waals surface area (Å²) in [5.41, 5.74) is 0. The van der Waals surface area contributed by atoms with E-state index in [1.807, 2.05) is 0 Å². The van der Waals surface area contributed by atoms with Crippen molar-refractivity contribution in [3.8, 4) is 0 Å². The second-order valence-electron chi connectivity index (χ2n) is 2.81. The largest absolute Gasteiger partial charge is 0.475 e. The summed E-state index contributed by atoms with van der Waals surface area (Å²) in [6, 6.07) is 0. The third-order valence-electron chi connectivity index (χ3n) is 1.12. The van der Waals surface area contributed by atoms with Crippen LogP contribution < -0.4 is 0 Å². The highest BCUT2D eigenvalue weighted by Gasteiger charge is 2.37. The lowest BCUT2D eigenvalue weighted by Gasteiger charge is -2.12. The fourth-order valence-electron chi connectivity index (χ4n) is 0.791. The van der Waals surface area contributed by atoms with Gasteiger partial charge in [-0.25, -0.2) is 4.57 Å². The smallest absolute Gasteiger partial charge is 0.284 e.